The van der Waals surface area contributed by atoms with Crippen LogP contribution in [-0.4, -0.2) is 44.5 Å². The summed E-state index contributed by atoms with van der Waals surface area (Å²) in [5, 5.41) is 6.09. The molecular formula is C19H31N3O3. The Morgan fingerprint density at radius 3 is 2.44 bits per heavy atom. The number of hydrogen-bond acceptors (Lipinski definition) is 5. The number of ketones is 1. The van der Waals surface area contributed by atoms with Gasteiger partial charge in [-0.1, -0.05) is 30.3 Å². The molecule has 0 fully saturated rings. The highest BCUT2D eigenvalue weighted by molar-refractivity contribution is 5.90. The number of unbranched alkanes of at least 4 members (excludes halogenated alkanes) is 1. The van der Waals surface area contributed by atoms with Gasteiger partial charge in [-0.25, -0.2) is 0 Å². The van der Waals surface area contributed by atoms with E-state index >= 15 is 0 Å². The molecule has 0 aliphatic carbocycles. The number of carbonyl (C=O) groups is 2. The van der Waals surface area contributed by atoms with Crippen molar-refractivity contribution in [1.82, 2.24) is 10.6 Å². The van der Waals surface area contributed by atoms with E-state index in [1.165, 1.54) is 6.92 Å². The zero-order valence-electron chi connectivity index (χ0n) is 15.3. The summed E-state index contributed by atoms with van der Waals surface area (Å²) in [5.74, 6) is -0.395. The first kappa shape index (κ1) is 21.3. The number of amides is 1. The minimum Gasteiger partial charge on any atom is -0.385 e. The minimum atomic E-state index is -0.640. The smallest absolute Gasteiger partial charge is 0.237 e. The molecule has 4 N–H and O–H groups in total. The SMILES string of the molecule is COCCCCNCCCC(N)C(=O)NC(C(C)=O)c1ccccc1. The Labute approximate surface area is 150 Å². The zero-order valence-corrected chi connectivity index (χ0v) is 15.3. The first-order valence-electron chi connectivity index (χ1n) is 8.87. The Bertz CT molecular complexity index is 508. The molecule has 1 amide bonds. The lowest BCUT2D eigenvalue weighted by Gasteiger charge is -2.19. The van der Waals surface area contributed by atoms with Gasteiger partial charge in [-0.15, -0.1) is 0 Å². The van der Waals surface area contributed by atoms with E-state index in [9.17, 15) is 9.59 Å². The second-order valence-electron chi connectivity index (χ2n) is 6.16. The van der Waals surface area contributed by atoms with Crippen molar-refractivity contribution < 1.29 is 14.3 Å². The molecule has 2 atom stereocenters. The number of nitrogens with one attached hydrogen (secondary N) is 2. The van der Waals surface area contributed by atoms with Crippen LogP contribution in [0.4, 0.5) is 0 Å². The second kappa shape index (κ2) is 12.6. The maximum absolute atomic E-state index is 12.2. The van der Waals surface area contributed by atoms with Crippen molar-refractivity contribution in [3.8, 4) is 0 Å². The van der Waals surface area contributed by atoms with Gasteiger partial charge in [-0.05, 0) is 51.3 Å². The van der Waals surface area contributed by atoms with Gasteiger partial charge < -0.3 is 21.1 Å². The quantitative estimate of drug-likeness (QED) is 0.470. The minimum absolute atomic E-state index is 0.107. The summed E-state index contributed by atoms with van der Waals surface area (Å²) in [5.41, 5.74) is 6.73. The third kappa shape index (κ3) is 8.77. The van der Waals surface area contributed by atoms with E-state index in [0.717, 1.165) is 44.5 Å². The number of carbonyl (C=O) groups excluding carboxylic acids is 2. The van der Waals surface area contributed by atoms with Gasteiger partial charge in [-0.2, -0.15) is 0 Å². The summed E-state index contributed by atoms with van der Waals surface area (Å²) in [4.78, 5) is 24.1. The number of methoxy groups -OCH3 is 1. The van der Waals surface area contributed by atoms with Crippen LogP contribution in [0.2, 0.25) is 0 Å². The molecule has 0 aromatic heterocycles. The van der Waals surface area contributed by atoms with E-state index < -0.39 is 12.1 Å². The Balaban J connectivity index is 2.29. The molecule has 2 unspecified atom stereocenters. The monoisotopic (exact) mass is 349 g/mol. The van der Waals surface area contributed by atoms with Crippen LogP contribution in [0.5, 0.6) is 0 Å². The van der Waals surface area contributed by atoms with Crippen molar-refractivity contribution in [3.05, 3.63) is 35.9 Å². The molecule has 1 aromatic carbocycles. The Morgan fingerprint density at radius 1 is 1.12 bits per heavy atom. The van der Waals surface area contributed by atoms with Crippen LogP contribution in [0.1, 0.15) is 44.2 Å². The van der Waals surface area contributed by atoms with E-state index in [4.69, 9.17) is 10.5 Å². The van der Waals surface area contributed by atoms with E-state index in [-0.39, 0.29) is 11.7 Å². The molecule has 0 saturated carbocycles. The van der Waals surface area contributed by atoms with E-state index in [1.54, 1.807) is 7.11 Å². The standard InChI is InChI=1S/C19H31N3O3/c1-15(23)18(16-9-4-3-5-10-16)22-19(24)17(20)11-8-13-21-12-6-7-14-25-2/h3-5,9-10,17-18,21H,6-8,11-14,20H2,1-2H3,(H,22,24). The highest BCUT2D eigenvalue weighted by Gasteiger charge is 2.22. The summed E-state index contributed by atoms with van der Waals surface area (Å²) in [6.45, 7) is 4.01. The average Bonchev–Trinajstić information content (AvgIpc) is 2.62. The first-order valence-corrected chi connectivity index (χ1v) is 8.87. The highest BCUT2D eigenvalue weighted by atomic mass is 16.5. The van der Waals surface area contributed by atoms with Gasteiger partial charge in [0.1, 0.15) is 6.04 Å². The topological polar surface area (TPSA) is 93.4 Å². The van der Waals surface area contributed by atoms with Gasteiger partial charge in [0.15, 0.2) is 5.78 Å². The van der Waals surface area contributed by atoms with Crippen molar-refractivity contribution in [3.63, 3.8) is 0 Å². The van der Waals surface area contributed by atoms with E-state index in [2.05, 4.69) is 10.6 Å². The number of Topliss-reactive ketones (excluding diaryl/α,β-unsaturated/α-hetero) is 1. The molecule has 1 aromatic rings. The average molecular weight is 349 g/mol. The summed E-state index contributed by atoms with van der Waals surface area (Å²) >= 11 is 0. The molecule has 0 bridgehead atoms. The molecule has 0 heterocycles. The predicted molar refractivity (Wildman–Crippen MR) is 99.2 cm³/mol. The first-order chi connectivity index (χ1) is 12.1. The van der Waals surface area contributed by atoms with Gasteiger partial charge in [0.05, 0.1) is 6.04 Å². The fourth-order valence-electron chi connectivity index (χ4n) is 2.51. The Morgan fingerprint density at radius 2 is 1.80 bits per heavy atom. The number of nitrogens with two attached hydrogens (primary N) is 1. The van der Waals surface area contributed by atoms with Crippen molar-refractivity contribution in [2.24, 2.45) is 5.73 Å². The maximum atomic E-state index is 12.2. The van der Waals surface area contributed by atoms with Crippen molar-refractivity contribution in [2.75, 3.05) is 26.8 Å². The van der Waals surface area contributed by atoms with E-state index in [0.29, 0.717) is 6.42 Å². The normalized spacial score (nSPS) is 13.2. The van der Waals surface area contributed by atoms with Crippen LogP contribution >= 0.6 is 0 Å². The van der Waals surface area contributed by atoms with Crippen molar-refractivity contribution >= 4 is 11.7 Å². The largest absolute Gasteiger partial charge is 0.385 e. The van der Waals surface area contributed by atoms with Crippen LogP contribution < -0.4 is 16.4 Å². The lowest BCUT2D eigenvalue weighted by Crippen LogP contribution is -2.44. The molecule has 6 nitrogen and oxygen atoms in total. The van der Waals surface area contributed by atoms with Crippen LogP contribution in [0.3, 0.4) is 0 Å². The van der Waals surface area contributed by atoms with Crippen molar-refractivity contribution in [1.29, 1.82) is 0 Å². The molecule has 0 aliphatic rings. The summed E-state index contributed by atoms with van der Waals surface area (Å²) < 4.78 is 4.99. The van der Waals surface area contributed by atoms with Gasteiger partial charge in [0, 0.05) is 13.7 Å². The van der Waals surface area contributed by atoms with Crippen LogP contribution in [-0.2, 0) is 14.3 Å². The third-order valence-electron chi connectivity index (χ3n) is 3.98. The summed E-state index contributed by atoms with van der Waals surface area (Å²) in [6, 6.07) is 7.96. The van der Waals surface area contributed by atoms with Gasteiger partial charge >= 0.3 is 0 Å². The summed E-state index contributed by atoms with van der Waals surface area (Å²) in [6.07, 6.45) is 3.50. The fraction of sp³-hybridized carbons (Fsp3) is 0.579. The summed E-state index contributed by atoms with van der Waals surface area (Å²) in [7, 11) is 1.70. The molecule has 140 valence electrons. The number of rotatable bonds is 13. The van der Waals surface area contributed by atoms with Crippen LogP contribution in [0.15, 0.2) is 30.3 Å². The van der Waals surface area contributed by atoms with E-state index in [1.807, 2.05) is 30.3 Å². The number of hydrogen-bond donors (Lipinski definition) is 3. The zero-order chi connectivity index (χ0) is 18.5. The molecular weight excluding hydrogens is 318 g/mol. The van der Waals surface area contributed by atoms with Gasteiger partial charge in [0.2, 0.25) is 5.91 Å². The maximum Gasteiger partial charge on any atom is 0.237 e. The Kier molecular flexibility index (Phi) is 10.7. The highest BCUT2D eigenvalue weighted by Crippen LogP contribution is 2.13. The number of ether oxygens (including phenoxy) is 1. The molecule has 0 spiro atoms. The lowest BCUT2D eigenvalue weighted by molar-refractivity contribution is -0.127. The van der Waals surface area contributed by atoms with Gasteiger partial charge in [-0.3, -0.25) is 9.59 Å². The second-order valence-corrected chi connectivity index (χ2v) is 6.16. The molecule has 0 saturated heterocycles. The van der Waals surface area contributed by atoms with Crippen LogP contribution in [0, 0.1) is 0 Å². The molecule has 6 heteroatoms. The third-order valence-corrected chi connectivity index (χ3v) is 3.98. The Hall–Kier alpha value is -1.76. The van der Waals surface area contributed by atoms with Gasteiger partial charge in [0.25, 0.3) is 0 Å². The lowest BCUT2D eigenvalue weighted by atomic mass is 10.0. The molecule has 1 rings (SSSR count). The van der Waals surface area contributed by atoms with Crippen molar-refractivity contribution in [2.45, 2.75) is 44.7 Å². The molecule has 0 radical (unpaired) electrons. The molecule has 0 aliphatic heterocycles. The predicted octanol–water partition coefficient (Wildman–Crippen LogP) is 1.56. The van der Waals surface area contributed by atoms with Crippen LogP contribution in [0.25, 0.3) is 0 Å². The number of benzene rings is 1. The molecule has 25 heavy (non-hydrogen) atoms. The fourth-order valence-corrected chi connectivity index (χ4v) is 2.51.